The van der Waals surface area contributed by atoms with Gasteiger partial charge in [-0.1, -0.05) is 18.2 Å². The third kappa shape index (κ3) is 5.71. The number of carbonyl (C=O) groups excluding carboxylic acids is 2. The molecule has 2 amide bonds. The van der Waals surface area contributed by atoms with Crippen molar-refractivity contribution in [2.75, 3.05) is 11.9 Å². The van der Waals surface area contributed by atoms with Crippen molar-refractivity contribution >= 4 is 17.7 Å². The van der Waals surface area contributed by atoms with E-state index in [2.05, 4.69) is 5.32 Å². The maximum atomic E-state index is 12.7. The minimum atomic E-state index is -0.792. The lowest BCUT2D eigenvalue weighted by molar-refractivity contribution is -0.120. The summed E-state index contributed by atoms with van der Waals surface area (Å²) in [6, 6.07) is 15.5. The number of rotatable bonds is 4. The molecule has 0 saturated carbocycles. The number of benzene rings is 2. The molecule has 2 aromatic rings. The van der Waals surface area contributed by atoms with Gasteiger partial charge in [-0.05, 0) is 57.2 Å². The van der Waals surface area contributed by atoms with Crippen molar-refractivity contribution in [1.29, 1.82) is 0 Å². The van der Waals surface area contributed by atoms with Crippen molar-refractivity contribution in [2.24, 2.45) is 0 Å². The molecule has 0 aromatic heterocycles. The Kier molecular flexibility index (Phi) is 6.08. The smallest absolute Gasteiger partial charge is 0.411 e. The van der Waals surface area contributed by atoms with Crippen LogP contribution in [0.5, 0.6) is 11.5 Å². The molecular weight excluding hydrogens is 372 g/mol. The van der Waals surface area contributed by atoms with Crippen LogP contribution in [-0.4, -0.2) is 46.3 Å². The second-order valence-electron chi connectivity index (χ2n) is 7.97. The van der Waals surface area contributed by atoms with Crippen LogP contribution in [0.15, 0.2) is 54.6 Å². The molecule has 1 fully saturated rings. The minimum absolute atomic E-state index is 0.0663. The Bertz CT molecular complexity index is 846. The quantitative estimate of drug-likeness (QED) is 0.818. The van der Waals surface area contributed by atoms with Crippen LogP contribution < -0.4 is 10.1 Å². The number of nitrogens with zero attached hydrogens (tertiary/aromatic N) is 1. The number of para-hydroxylation sites is 1. The summed E-state index contributed by atoms with van der Waals surface area (Å²) in [6.45, 7) is 5.33. The summed E-state index contributed by atoms with van der Waals surface area (Å²) in [5.74, 6) is 0.988. The molecule has 1 heterocycles. The summed E-state index contributed by atoms with van der Waals surface area (Å²) in [6.07, 6.45) is -1.21. The summed E-state index contributed by atoms with van der Waals surface area (Å²) in [5, 5.41) is 12.8. The highest BCUT2D eigenvalue weighted by molar-refractivity contribution is 5.97. The third-order valence-electron chi connectivity index (χ3n) is 4.31. The molecule has 1 aliphatic rings. The molecule has 3 rings (SSSR count). The van der Waals surface area contributed by atoms with Gasteiger partial charge in [-0.2, -0.15) is 0 Å². The molecule has 0 bridgehead atoms. The molecule has 2 atom stereocenters. The fraction of sp³-hybridized carbons (Fsp3) is 0.364. The van der Waals surface area contributed by atoms with Crippen molar-refractivity contribution in [3.63, 3.8) is 0 Å². The van der Waals surface area contributed by atoms with Crippen LogP contribution in [0.2, 0.25) is 0 Å². The molecular formula is C22H26N2O5. The van der Waals surface area contributed by atoms with E-state index in [0.717, 1.165) is 5.75 Å². The van der Waals surface area contributed by atoms with Gasteiger partial charge in [-0.25, -0.2) is 4.79 Å². The molecule has 0 radical (unpaired) electrons. The highest BCUT2D eigenvalue weighted by Crippen LogP contribution is 2.25. The molecule has 0 aliphatic carbocycles. The fourth-order valence-corrected chi connectivity index (χ4v) is 3.04. The van der Waals surface area contributed by atoms with E-state index >= 15 is 0 Å². The zero-order chi connectivity index (χ0) is 21.0. The Hall–Kier alpha value is -3.06. The highest BCUT2D eigenvalue weighted by Gasteiger charge is 2.40. The average Bonchev–Trinajstić information content (AvgIpc) is 3.05. The van der Waals surface area contributed by atoms with E-state index < -0.39 is 23.8 Å². The van der Waals surface area contributed by atoms with Crippen LogP contribution in [0.25, 0.3) is 0 Å². The Balaban J connectivity index is 1.63. The van der Waals surface area contributed by atoms with Crippen molar-refractivity contribution < 1.29 is 24.2 Å². The first kappa shape index (κ1) is 20.7. The van der Waals surface area contributed by atoms with Gasteiger partial charge in [0.1, 0.15) is 23.1 Å². The number of hydrogen-bond donors (Lipinski definition) is 2. The number of likely N-dealkylation sites (tertiary alicyclic amines) is 1. The summed E-state index contributed by atoms with van der Waals surface area (Å²) in [4.78, 5) is 26.4. The Morgan fingerprint density at radius 3 is 2.28 bits per heavy atom. The number of nitrogens with one attached hydrogen (secondary N) is 1. The van der Waals surface area contributed by atoms with E-state index in [1.54, 1.807) is 45.0 Å². The van der Waals surface area contributed by atoms with Gasteiger partial charge in [-0.3, -0.25) is 9.69 Å². The van der Waals surface area contributed by atoms with E-state index in [1.165, 1.54) is 4.90 Å². The van der Waals surface area contributed by atoms with Gasteiger partial charge in [0.2, 0.25) is 5.91 Å². The number of ether oxygens (including phenoxy) is 2. The first-order valence-corrected chi connectivity index (χ1v) is 9.53. The summed E-state index contributed by atoms with van der Waals surface area (Å²) >= 11 is 0. The molecule has 2 aromatic carbocycles. The minimum Gasteiger partial charge on any atom is -0.457 e. The second kappa shape index (κ2) is 8.53. The van der Waals surface area contributed by atoms with Gasteiger partial charge in [0.15, 0.2) is 0 Å². The Morgan fingerprint density at radius 1 is 1.03 bits per heavy atom. The topological polar surface area (TPSA) is 88.1 Å². The van der Waals surface area contributed by atoms with Crippen LogP contribution in [0.4, 0.5) is 10.5 Å². The fourth-order valence-electron chi connectivity index (χ4n) is 3.04. The molecule has 7 heteroatoms. The van der Waals surface area contributed by atoms with Crippen LogP contribution in [0, 0.1) is 0 Å². The average molecular weight is 398 g/mol. The van der Waals surface area contributed by atoms with Gasteiger partial charge in [0.25, 0.3) is 0 Å². The summed E-state index contributed by atoms with van der Waals surface area (Å²) < 4.78 is 11.1. The zero-order valence-corrected chi connectivity index (χ0v) is 16.8. The van der Waals surface area contributed by atoms with E-state index in [4.69, 9.17) is 9.47 Å². The highest BCUT2D eigenvalue weighted by atomic mass is 16.6. The first-order chi connectivity index (χ1) is 13.7. The summed E-state index contributed by atoms with van der Waals surface area (Å²) in [5.41, 5.74) is -0.110. The number of hydrogen-bond acceptors (Lipinski definition) is 5. The SMILES string of the molecule is CC(C)(C)OC(=O)N1C[C@H](O)C[C@H]1C(=O)Nc1ccc(Oc2ccccc2)cc1. The summed E-state index contributed by atoms with van der Waals surface area (Å²) in [7, 11) is 0. The largest absolute Gasteiger partial charge is 0.457 e. The molecule has 1 saturated heterocycles. The van der Waals surface area contributed by atoms with Crippen LogP contribution >= 0.6 is 0 Å². The first-order valence-electron chi connectivity index (χ1n) is 9.53. The number of anilines is 1. The van der Waals surface area contributed by atoms with Crippen molar-refractivity contribution in [3.8, 4) is 11.5 Å². The molecule has 0 spiro atoms. The van der Waals surface area contributed by atoms with E-state index in [0.29, 0.717) is 11.4 Å². The molecule has 154 valence electrons. The molecule has 7 nitrogen and oxygen atoms in total. The Morgan fingerprint density at radius 2 is 1.66 bits per heavy atom. The van der Waals surface area contributed by atoms with Crippen LogP contribution in [-0.2, 0) is 9.53 Å². The number of aliphatic hydroxyl groups is 1. The predicted octanol–water partition coefficient (Wildman–Crippen LogP) is 3.79. The lowest BCUT2D eigenvalue weighted by atomic mass is 10.1. The van der Waals surface area contributed by atoms with E-state index in [1.807, 2.05) is 30.3 Å². The van der Waals surface area contributed by atoms with Crippen molar-refractivity contribution in [1.82, 2.24) is 4.90 Å². The molecule has 0 unspecified atom stereocenters. The third-order valence-corrected chi connectivity index (χ3v) is 4.31. The van der Waals surface area contributed by atoms with Crippen molar-refractivity contribution in [2.45, 2.75) is 44.9 Å². The van der Waals surface area contributed by atoms with Gasteiger partial charge in [-0.15, -0.1) is 0 Å². The monoisotopic (exact) mass is 398 g/mol. The number of amides is 2. The number of carbonyl (C=O) groups is 2. The molecule has 2 N–H and O–H groups in total. The standard InChI is InChI=1S/C22H26N2O5/c1-22(2,3)29-21(27)24-14-16(25)13-19(24)20(26)23-15-9-11-18(12-10-15)28-17-7-5-4-6-8-17/h4-12,16,19,25H,13-14H2,1-3H3,(H,23,26)/t16-,19+/m1/s1. The van der Waals surface area contributed by atoms with Crippen LogP contribution in [0.1, 0.15) is 27.2 Å². The molecule has 1 aliphatic heterocycles. The number of aliphatic hydroxyl groups excluding tert-OH is 1. The zero-order valence-electron chi connectivity index (χ0n) is 16.8. The van der Waals surface area contributed by atoms with Crippen LogP contribution in [0.3, 0.4) is 0 Å². The Labute approximate surface area is 170 Å². The maximum absolute atomic E-state index is 12.7. The molecule has 29 heavy (non-hydrogen) atoms. The van der Waals surface area contributed by atoms with Gasteiger partial charge < -0.3 is 19.9 Å². The number of β-amino-alcohol motifs (C(OH)–C–C–N with tert-alkyl or cyclic N) is 1. The predicted molar refractivity (Wildman–Crippen MR) is 109 cm³/mol. The van der Waals surface area contributed by atoms with Gasteiger partial charge in [0, 0.05) is 12.1 Å². The maximum Gasteiger partial charge on any atom is 0.411 e. The lowest BCUT2D eigenvalue weighted by Crippen LogP contribution is -2.45. The van der Waals surface area contributed by atoms with Crippen molar-refractivity contribution in [3.05, 3.63) is 54.6 Å². The lowest BCUT2D eigenvalue weighted by Gasteiger charge is -2.27. The van der Waals surface area contributed by atoms with E-state index in [9.17, 15) is 14.7 Å². The van der Waals surface area contributed by atoms with Gasteiger partial charge in [0.05, 0.1) is 12.6 Å². The van der Waals surface area contributed by atoms with Gasteiger partial charge >= 0.3 is 6.09 Å². The normalized spacial score (nSPS) is 19.0. The second-order valence-corrected chi connectivity index (χ2v) is 7.97. The van der Waals surface area contributed by atoms with E-state index in [-0.39, 0.29) is 18.9 Å².